The summed E-state index contributed by atoms with van der Waals surface area (Å²) in [6.45, 7) is 5.09. The molecule has 116 valence electrons. The highest BCUT2D eigenvalue weighted by Crippen LogP contribution is 2.19. The second-order valence-corrected chi connectivity index (χ2v) is 5.20. The fourth-order valence-electron chi connectivity index (χ4n) is 2.66. The van der Waals surface area contributed by atoms with E-state index >= 15 is 0 Å². The Hall–Kier alpha value is -1.82. The van der Waals surface area contributed by atoms with E-state index in [-0.39, 0.29) is 6.03 Å². The van der Waals surface area contributed by atoms with Gasteiger partial charge in [-0.05, 0) is 44.5 Å². The van der Waals surface area contributed by atoms with E-state index in [0.29, 0.717) is 24.2 Å². The molecule has 0 radical (unpaired) electrons. The number of anilines is 1. The van der Waals surface area contributed by atoms with Gasteiger partial charge in [0.05, 0.1) is 7.11 Å². The van der Waals surface area contributed by atoms with Crippen LogP contribution in [0, 0.1) is 0 Å². The Labute approximate surface area is 125 Å². The van der Waals surface area contributed by atoms with Gasteiger partial charge in [-0.25, -0.2) is 9.78 Å². The van der Waals surface area contributed by atoms with E-state index in [9.17, 15) is 4.79 Å². The highest BCUT2D eigenvalue weighted by molar-refractivity contribution is 5.90. The normalized spacial score (nSPS) is 16.5. The molecule has 1 saturated heterocycles. The Morgan fingerprint density at radius 3 is 2.90 bits per heavy atom. The van der Waals surface area contributed by atoms with Crippen LogP contribution in [0.4, 0.5) is 10.5 Å². The molecule has 1 aromatic rings. The Balaban J connectivity index is 1.83. The number of carbonyl (C=O) groups excluding carboxylic acids is 1. The molecule has 2 N–H and O–H groups in total. The Bertz CT molecular complexity index is 461. The number of nitrogens with one attached hydrogen (secondary N) is 2. The number of carbonyl (C=O) groups is 1. The number of methoxy groups -OCH3 is 1. The minimum Gasteiger partial charge on any atom is -0.480 e. The largest absolute Gasteiger partial charge is 0.480 e. The third kappa shape index (κ3) is 4.32. The lowest BCUT2D eigenvalue weighted by Crippen LogP contribution is -2.43. The number of amides is 2. The number of hydrogen-bond donors (Lipinski definition) is 2. The van der Waals surface area contributed by atoms with E-state index in [1.807, 2.05) is 0 Å². The molecule has 0 spiro atoms. The maximum absolute atomic E-state index is 12.0. The van der Waals surface area contributed by atoms with Crippen molar-refractivity contribution in [1.29, 1.82) is 0 Å². The number of ether oxygens (including phenoxy) is 1. The summed E-state index contributed by atoms with van der Waals surface area (Å²) < 4.78 is 5.11. The van der Waals surface area contributed by atoms with Crippen molar-refractivity contribution in [2.24, 2.45) is 0 Å². The molecule has 6 nitrogen and oxygen atoms in total. The van der Waals surface area contributed by atoms with Crippen LogP contribution in [0.15, 0.2) is 18.3 Å². The Morgan fingerprint density at radius 1 is 1.48 bits per heavy atom. The van der Waals surface area contributed by atoms with Crippen molar-refractivity contribution in [3.63, 3.8) is 0 Å². The second-order valence-electron chi connectivity index (χ2n) is 5.20. The second kappa shape index (κ2) is 7.83. The quantitative estimate of drug-likeness (QED) is 0.842. The molecule has 1 aliphatic rings. The van der Waals surface area contributed by atoms with E-state index in [0.717, 1.165) is 19.5 Å². The van der Waals surface area contributed by atoms with Crippen molar-refractivity contribution >= 4 is 11.7 Å². The van der Waals surface area contributed by atoms with E-state index in [1.54, 1.807) is 18.3 Å². The Kier molecular flexibility index (Phi) is 5.80. The van der Waals surface area contributed by atoms with Crippen LogP contribution >= 0.6 is 0 Å². The van der Waals surface area contributed by atoms with Crippen LogP contribution in [-0.2, 0) is 0 Å². The molecular formula is C15H24N4O2. The SMILES string of the molecule is CC[C@@H](CNC(=O)Nc1cccnc1OC)N1CCCC1. The maximum atomic E-state index is 12.0. The number of urea groups is 1. The number of likely N-dealkylation sites (tertiary alicyclic amines) is 1. The van der Waals surface area contributed by atoms with Gasteiger partial charge in [-0.3, -0.25) is 4.90 Å². The first-order chi connectivity index (χ1) is 10.2. The molecule has 1 atom stereocenters. The highest BCUT2D eigenvalue weighted by Gasteiger charge is 2.20. The van der Waals surface area contributed by atoms with Gasteiger partial charge >= 0.3 is 6.03 Å². The zero-order valence-electron chi connectivity index (χ0n) is 12.8. The molecule has 0 aliphatic carbocycles. The van der Waals surface area contributed by atoms with Gasteiger partial charge in [-0.1, -0.05) is 6.92 Å². The first-order valence-electron chi connectivity index (χ1n) is 7.52. The van der Waals surface area contributed by atoms with Gasteiger partial charge in [0.15, 0.2) is 0 Å². The summed E-state index contributed by atoms with van der Waals surface area (Å²) in [6, 6.07) is 3.72. The lowest BCUT2D eigenvalue weighted by atomic mass is 10.2. The molecule has 21 heavy (non-hydrogen) atoms. The van der Waals surface area contributed by atoms with E-state index in [1.165, 1.54) is 20.0 Å². The van der Waals surface area contributed by atoms with Crippen molar-refractivity contribution in [3.05, 3.63) is 18.3 Å². The van der Waals surface area contributed by atoms with Gasteiger partial charge in [-0.15, -0.1) is 0 Å². The molecule has 0 aromatic carbocycles. The van der Waals surface area contributed by atoms with Crippen molar-refractivity contribution in [2.75, 3.05) is 32.1 Å². The monoisotopic (exact) mass is 292 g/mol. The van der Waals surface area contributed by atoms with Crippen LogP contribution in [0.5, 0.6) is 5.88 Å². The predicted octanol–water partition coefficient (Wildman–Crippen LogP) is 2.09. The van der Waals surface area contributed by atoms with Crippen LogP contribution in [0.2, 0.25) is 0 Å². The summed E-state index contributed by atoms with van der Waals surface area (Å²) in [4.78, 5) is 18.5. The lowest BCUT2D eigenvalue weighted by molar-refractivity contribution is 0.222. The average molecular weight is 292 g/mol. The number of pyridine rings is 1. The molecule has 2 amide bonds. The van der Waals surface area contributed by atoms with Crippen molar-refractivity contribution in [1.82, 2.24) is 15.2 Å². The molecule has 0 unspecified atom stereocenters. The molecular weight excluding hydrogens is 268 g/mol. The first kappa shape index (κ1) is 15.6. The lowest BCUT2D eigenvalue weighted by Gasteiger charge is -2.26. The van der Waals surface area contributed by atoms with Crippen LogP contribution in [0.1, 0.15) is 26.2 Å². The van der Waals surface area contributed by atoms with E-state index < -0.39 is 0 Å². The fourth-order valence-corrected chi connectivity index (χ4v) is 2.66. The summed E-state index contributed by atoms with van der Waals surface area (Å²) in [7, 11) is 1.53. The van der Waals surface area contributed by atoms with Crippen LogP contribution in [-0.4, -0.2) is 48.7 Å². The van der Waals surface area contributed by atoms with Gasteiger partial charge in [0.1, 0.15) is 5.69 Å². The molecule has 6 heteroatoms. The minimum atomic E-state index is -0.223. The fraction of sp³-hybridized carbons (Fsp3) is 0.600. The number of hydrogen-bond acceptors (Lipinski definition) is 4. The molecule has 2 rings (SSSR count). The van der Waals surface area contributed by atoms with Crippen molar-refractivity contribution in [3.8, 4) is 5.88 Å². The summed E-state index contributed by atoms with van der Waals surface area (Å²) in [5, 5.41) is 5.71. The predicted molar refractivity (Wildman–Crippen MR) is 82.7 cm³/mol. The molecule has 1 aromatic heterocycles. The van der Waals surface area contributed by atoms with Crippen LogP contribution in [0.3, 0.4) is 0 Å². The zero-order chi connectivity index (χ0) is 15.1. The smallest absolute Gasteiger partial charge is 0.319 e. The summed E-state index contributed by atoms with van der Waals surface area (Å²) in [6.07, 6.45) is 5.18. The van der Waals surface area contributed by atoms with Crippen LogP contribution < -0.4 is 15.4 Å². The van der Waals surface area contributed by atoms with Gasteiger partial charge in [0.25, 0.3) is 0 Å². The number of nitrogens with zero attached hydrogens (tertiary/aromatic N) is 2. The molecule has 1 fully saturated rings. The van der Waals surface area contributed by atoms with E-state index in [2.05, 4.69) is 27.4 Å². The number of aromatic nitrogens is 1. The third-order valence-corrected chi connectivity index (χ3v) is 3.84. The van der Waals surface area contributed by atoms with Gasteiger partial charge in [0, 0.05) is 18.8 Å². The minimum absolute atomic E-state index is 0.223. The van der Waals surface area contributed by atoms with Crippen molar-refractivity contribution < 1.29 is 9.53 Å². The zero-order valence-corrected chi connectivity index (χ0v) is 12.8. The molecule has 0 saturated carbocycles. The van der Waals surface area contributed by atoms with E-state index in [4.69, 9.17) is 4.74 Å². The Morgan fingerprint density at radius 2 is 2.24 bits per heavy atom. The van der Waals surface area contributed by atoms with Gasteiger partial charge in [-0.2, -0.15) is 0 Å². The molecule has 1 aliphatic heterocycles. The molecule has 2 heterocycles. The van der Waals surface area contributed by atoms with Crippen LogP contribution in [0.25, 0.3) is 0 Å². The molecule has 0 bridgehead atoms. The third-order valence-electron chi connectivity index (χ3n) is 3.84. The topological polar surface area (TPSA) is 66.5 Å². The first-order valence-corrected chi connectivity index (χ1v) is 7.52. The highest BCUT2D eigenvalue weighted by atomic mass is 16.5. The van der Waals surface area contributed by atoms with Gasteiger partial charge in [0.2, 0.25) is 5.88 Å². The summed E-state index contributed by atoms with van der Waals surface area (Å²) >= 11 is 0. The average Bonchev–Trinajstić information content (AvgIpc) is 3.03. The summed E-state index contributed by atoms with van der Waals surface area (Å²) in [5.74, 6) is 0.416. The van der Waals surface area contributed by atoms with Crippen molar-refractivity contribution in [2.45, 2.75) is 32.2 Å². The summed E-state index contributed by atoms with van der Waals surface area (Å²) in [5.41, 5.74) is 0.576. The number of rotatable bonds is 6. The standard InChI is InChI=1S/C15H24N4O2/c1-3-12(19-9-4-5-10-19)11-17-15(20)18-13-7-6-8-16-14(13)21-2/h6-8,12H,3-5,9-11H2,1-2H3,(H2,17,18,20)/t12-/m0/s1. The maximum Gasteiger partial charge on any atom is 0.319 e. The van der Waals surface area contributed by atoms with Gasteiger partial charge < -0.3 is 15.4 Å².